The van der Waals surface area contributed by atoms with Crippen molar-refractivity contribution in [3.8, 4) is 5.75 Å². The number of hydrogen-bond donors (Lipinski definition) is 1. The lowest BCUT2D eigenvalue weighted by atomic mass is 9.99. The van der Waals surface area contributed by atoms with Gasteiger partial charge in [0.1, 0.15) is 5.75 Å². The maximum Gasteiger partial charge on any atom is 0.171 e. The van der Waals surface area contributed by atoms with Gasteiger partial charge < -0.3 is 24.8 Å². The van der Waals surface area contributed by atoms with E-state index in [2.05, 4.69) is 17.0 Å². The van der Waals surface area contributed by atoms with Crippen LogP contribution in [-0.4, -0.2) is 39.2 Å². The van der Waals surface area contributed by atoms with Crippen molar-refractivity contribution in [2.45, 2.75) is 37.4 Å². The van der Waals surface area contributed by atoms with Crippen LogP contribution in [0.1, 0.15) is 37.2 Å². The summed E-state index contributed by atoms with van der Waals surface area (Å²) in [6.07, 6.45) is 4.37. The minimum absolute atomic E-state index is 0.325. The first-order valence-corrected chi connectivity index (χ1v) is 8.21. The van der Waals surface area contributed by atoms with E-state index in [0.29, 0.717) is 5.92 Å². The fourth-order valence-electron chi connectivity index (χ4n) is 3.65. The van der Waals surface area contributed by atoms with Crippen LogP contribution in [0, 0.1) is 0 Å². The van der Waals surface area contributed by atoms with Crippen LogP contribution in [0.2, 0.25) is 0 Å². The Hall–Kier alpha value is -1.46. The first kappa shape index (κ1) is 14.2. The summed E-state index contributed by atoms with van der Waals surface area (Å²) in [4.78, 5) is 2.44. The summed E-state index contributed by atoms with van der Waals surface area (Å²) in [5.41, 5.74) is 9.50. The second-order valence-corrected chi connectivity index (χ2v) is 6.52. The van der Waals surface area contributed by atoms with Gasteiger partial charge in [0.25, 0.3) is 0 Å². The van der Waals surface area contributed by atoms with E-state index in [1.807, 2.05) is 0 Å². The van der Waals surface area contributed by atoms with Crippen molar-refractivity contribution < 1.29 is 14.2 Å². The smallest absolute Gasteiger partial charge is 0.171 e. The number of anilines is 2. The molecular formula is C17H24N2O3. The second kappa shape index (κ2) is 5.32. The van der Waals surface area contributed by atoms with E-state index in [1.54, 1.807) is 7.11 Å². The predicted molar refractivity (Wildman–Crippen MR) is 85.5 cm³/mol. The molecule has 1 spiro atoms. The first-order valence-electron chi connectivity index (χ1n) is 8.21. The van der Waals surface area contributed by atoms with Crippen LogP contribution in [0.15, 0.2) is 12.1 Å². The molecule has 1 aliphatic carbocycles. The molecule has 1 aromatic carbocycles. The van der Waals surface area contributed by atoms with Gasteiger partial charge in [-0.2, -0.15) is 0 Å². The number of ether oxygens (including phenoxy) is 3. The second-order valence-electron chi connectivity index (χ2n) is 6.52. The van der Waals surface area contributed by atoms with Gasteiger partial charge in [0.2, 0.25) is 0 Å². The van der Waals surface area contributed by atoms with Gasteiger partial charge in [0.05, 0.1) is 26.0 Å². The molecule has 2 saturated heterocycles. The van der Waals surface area contributed by atoms with Gasteiger partial charge in [0, 0.05) is 37.7 Å². The number of rotatable bonds is 3. The van der Waals surface area contributed by atoms with E-state index in [9.17, 15) is 0 Å². The van der Waals surface area contributed by atoms with Crippen LogP contribution in [0.3, 0.4) is 0 Å². The maximum absolute atomic E-state index is 6.11. The summed E-state index contributed by atoms with van der Waals surface area (Å²) in [5.74, 6) is 1.11. The van der Waals surface area contributed by atoms with Crippen molar-refractivity contribution in [3.05, 3.63) is 17.7 Å². The summed E-state index contributed by atoms with van der Waals surface area (Å²) in [7, 11) is 1.68. The number of benzene rings is 1. The summed E-state index contributed by atoms with van der Waals surface area (Å²) in [5, 5.41) is 0. The van der Waals surface area contributed by atoms with Crippen LogP contribution in [0.25, 0.3) is 0 Å². The molecule has 0 aromatic heterocycles. The Labute approximate surface area is 131 Å². The SMILES string of the molecule is COc1cc(N2CCC3(CC2)OCCO3)c(C2CC2)cc1N. The molecule has 1 aromatic rings. The third-order valence-corrected chi connectivity index (χ3v) is 5.08. The molecule has 22 heavy (non-hydrogen) atoms. The zero-order valence-corrected chi connectivity index (χ0v) is 13.1. The van der Waals surface area contributed by atoms with Crippen molar-refractivity contribution in [1.82, 2.24) is 0 Å². The molecule has 5 heteroatoms. The molecule has 120 valence electrons. The Kier molecular flexibility index (Phi) is 3.42. The third-order valence-electron chi connectivity index (χ3n) is 5.08. The number of hydrogen-bond acceptors (Lipinski definition) is 5. The molecule has 0 unspecified atom stereocenters. The Morgan fingerprint density at radius 1 is 1.18 bits per heavy atom. The minimum Gasteiger partial charge on any atom is -0.495 e. The highest BCUT2D eigenvalue weighted by molar-refractivity contribution is 5.68. The molecule has 0 atom stereocenters. The van der Waals surface area contributed by atoms with Gasteiger partial charge in [-0.15, -0.1) is 0 Å². The van der Waals surface area contributed by atoms with Gasteiger partial charge in [-0.3, -0.25) is 0 Å². The van der Waals surface area contributed by atoms with E-state index < -0.39 is 0 Å². The molecule has 0 amide bonds. The van der Waals surface area contributed by atoms with Crippen LogP contribution in [0.4, 0.5) is 11.4 Å². The molecule has 5 nitrogen and oxygen atoms in total. The van der Waals surface area contributed by atoms with Crippen LogP contribution in [-0.2, 0) is 9.47 Å². The highest BCUT2D eigenvalue weighted by Gasteiger charge is 2.40. The largest absolute Gasteiger partial charge is 0.495 e. The standard InChI is InChI=1S/C17H24N2O3/c1-20-16-11-15(13(10-14(16)18)12-2-3-12)19-6-4-17(5-7-19)21-8-9-22-17/h10-12H,2-9,18H2,1H3. The highest BCUT2D eigenvalue weighted by atomic mass is 16.7. The van der Waals surface area contributed by atoms with Crippen molar-refractivity contribution in [3.63, 3.8) is 0 Å². The van der Waals surface area contributed by atoms with Gasteiger partial charge in [-0.1, -0.05) is 0 Å². The minimum atomic E-state index is -0.325. The van der Waals surface area contributed by atoms with Gasteiger partial charge >= 0.3 is 0 Å². The first-order chi connectivity index (χ1) is 10.7. The molecule has 2 N–H and O–H groups in total. The molecular weight excluding hydrogens is 280 g/mol. The molecule has 4 rings (SSSR count). The normalized spacial score (nSPS) is 24.0. The molecule has 0 radical (unpaired) electrons. The quantitative estimate of drug-likeness (QED) is 0.870. The number of nitrogens with zero attached hydrogens (tertiary/aromatic N) is 1. The summed E-state index contributed by atoms with van der Waals surface area (Å²) >= 11 is 0. The lowest BCUT2D eigenvalue weighted by Crippen LogP contribution is -2.45. The Bertz CT molecular complexity index is 555. The van der Waals surface area contributed by atoms with E-state index in [1.165, 1.54) is 24.1 Å². The zero-order valence-electron chi connectivity index (χ0n) is 13.1. The van der Waals surface area contributed by atoms with Crippen molar-refractivity contribution >= 4 is 11.4 Å². The monoisotopic (exact) mass is 304 g/mol. The van der Waals surface area contributed by atoms with Crippen molar-refractivity contribution in [2.24, 2.45) is 0 Å². The Balaban J connectivity index is 1.59. The number of methoxy groups -OCH3 is 1. The Morgan fingerprint density at radius 3 is 2.45 bits per heavy atom. The fourth-order valence-corrected chi connectivity index (χ4v) is 3.65. The number of nitrogen functional groups attached to an aromatic ring is 1. The van der Waals surface area contributed by atoms with E-state index >= 15 is 0 Å². The average Bonchev–Trinajstić information content (AvgIpc) is 3.29. The lowest BCUT2D eigenvalue weighted by Gasteiger charge is -2.39. The van der Waals surface area contributed by atoms with Gasteiger partial charge in [-0.25, -0.2) is 0 Å². The lowest BCUT2D eigenvalue weighted by molar-refractivity contribution is -0.169. The zero-order chi connectivity index (χ0) is 15.2. The molecule has 0 bridgehead atoms. The fraction of sp³-hybridized carbons (Fsp3) is 0.647. The maximum atomic E-state index is 6.11. The topological polar surface area (TPSA) is 57.0 Å². The van der Waals surface area contributed by atoms with E-state index in [0.717, 1.165) is 50.6 Å². The highest BCUT2D eigenvalue weighted by Crippen LogP contribution is 2.48. The van der Waals surface area contributed by atoms with Crippen molar-refractivity contribution in [1.29, 1.82) is 0 Å². The van der Waals surface area contributed by atoms with E-state index in [-0.39, 0.29) is 5.79 Å². The predicted octanol–water partition coefficient (Wildman–Crippen LogP) is 2.50. The Morgan fingerprint density at radius 2 is 1.86 bits per heavy atom. The number of nitrogens with two attached hydrogens (primary N) is 1. The summed E-state index contributed by atoms with van der Waals surface area (Å²) in [6.45, 7) is 3.35. The molecule has 3 aliphatic rings. The van der Waals surface area contributed by atoms with E-state index in [4.69, 9.17) is 19.9 Å². The third kappa shape index (κ3) is 2.42. The summed E-state index contributed by atoms with van der Waals surface area (Å²) < 4.78 is 17.1. The van der Waals surface area contributed by atoms with Crippen LogP contribution < -0.4 is 15.4 Å². The molecule has 2 heterocycles. The summed E-state index contributed by atoms with van der Waals surface area (Å²) in [6, 6.07) is 4.22. The molecule has 1 saturated carbocycles. The van der Waals surface area contributed by atoms with Gasteiger partial charge in [0.15, 0.2) is 5.79 Å². The van der Waals surface area contributed by atoms with Crippen molar-refractivity contribution in [2.75, 3.05) is 44.0 Å². The average molecular weight is 304 g/mol. The molecule has 3 fully saturated rings. The van der Waals surface area contributed by atoms with Gasteiger partial charge in [-0.05, 0) is 30.4 Å². The van der Waals surface area contributed by atoms with Crippen LogP contribution >= 0.6 is 0 Å². The molecule has 2 aliphatic heterocycles. The number of piperidine rings is 1. The van der Waals surface area contributed by atoms with Crippen LogP contribution in [0.5, 0.6) is 5.75 Å².